The van der Waals surface area contributed by atoms with E-state index in [1.807, 2.05) is 6.92 Å². The maximum atomic E-state index is 12.2. The fraction of sp³-hybridized carbons (Fsp3) is 0.500. The Labute approximate surface area is 130 Å². The van der Waals surface area contributed by atoms with E-state index in [9.17, 15) is 9.59 Å². The molecular formula is C16H22N2O4. The summed E-state index contributed by atoms with van der Waals surface area (Å²) in [4.78, 5) is 26.0. The number of nitrogens with zero attached hydrogens (tertiary/aromatic N) is 1. The molecule has 0 saturated carbocycles. The Bertz CT molecular complexity index is 513. The molecular weight excluding hydrogens is 284 g/mol. The fourth-order valence-electron chi connectivity index (χ4n) is 2.38. The zero-order valence-electron chi connectivity index (χ0n) is 13.0. The number of hydrogen-bond donors (Lipinski definition) is 1. The molecule has 120 valence electrons. The van der Waals surface area contributed by atoms with Crippen molar-refractivity contribution < 1.29 is 19.1 Å². The van der Waals surface area contributed by atoms with Crippen molar-refractivity contribution in [2.45, 2.75) is 25.9 Å². The Morgan fingerprint density at radius 1 is 1.41 bits per heavy atom. The minimum absolute atomic E-state index is 0.0328. The second kappa shape index (κ2) is 7.79. The Balaban J connectivity index is 1.89. The molecule has 2 amide bonds. The zero-order valence-corrected chi connectivity index (χ0v) is 13.0. The second-order valence-corrected chi connectivity index (χ2v) is 5.17. The molecule has 0 spiro atoms. The van der Waals surface area contributed by atoms with E-state index in [2.05, 4.69) is 5.32 Å². The lowest BCUT2D eigenvalue weighted by atomic mass is 10.1. The van der Waals surface area contributed by atoms with Crippen LogP contribution in [-0.2, 0) is 14.3 Å². The van der Waals surface area contributed by atoms with E-state index in [0.717, 1.165) is 12.2 Å². The summed E-state index contributed by atoms with van der Waals surface area (Å²) in [6, 6.07) is 7.04. The molecule has 6 heteroatoms. The fourth-order valence-corrected chi connectivity index (χ4v) is 2.38. The third-order valence-corrected chi connectivity index (χ3v) is 3.51. The molecule has 6 nitrogen and oxygen atoms in total. The lowest BCUT2D eigenvalue weighted by molar-refractivity contribution is -0.155. The van der Waals surface area contributed by atoms with Gasteiger partial charge in [0.15, 0.2) is 0 Å². The average Bonchev–Trinajstić information content (AvgIpc) is 2.52. The van der Waals surface area contributed by atoms with Gasteiger partial charge in [-0.05, 0) is 30.7 Å². The van der Waals surface area contributed by atoms with E-state index in [4.69, 9.17) is 9.47 Å². The van der Waals surface area contributed by atoms with Crippen LogP contribution in [0.2, 0.25) is 0 Å². The molecule has 1 aromatic carbocycles. The van der Waals surface area contributed by atoms with Gasteiger partial charge in [-0.25, -0.2) is 0 Å². The van der Waals surface area contributed by atoms with E-state index in [1.165, 1.54) is 0 Å². The van der Waals surface area contributed by atoms with Gasteiger partial charge in [0.05, 0.1) is 20.1 Å². The van der Waals surface area contributed by atoms with Gasteiger partial charge in [-0.2, -0.15) is 0 Å². The molecule has 0 bridgehead atoms. The second-order valence-electron chi connectivity index (χ2n) is 5.17. The Kier molecular flexibility index (Phi) is 5.77. The van der Waals surface area contributed by atoms with Crippen molar-refractivity contribution in [3.63, 3.8) is 0 Å². The summed E-state index contributed by atoms with van der Waals surface area (Å²) in [5.41, 5.74) is 0.666. The summed E-state index contributed by atoms with van der Waals surface area (Å²) in [5, 5.41) is 2.76. The van der Waals surface area contributed by atoms with Crippen LogP contribution in [0.25, 0.3) is 0 Å². The zero-order chi connectivity index (χ0) is 15.9. The van der Waals surface area contributed by atoms with Crippen molar-refractivity contribution in [1.29, 1.82) is 0 Å². The van der Waals surface area contributed by atoms with Gasteiger partial charge >= 0.3 is 0 Å². The Morgan fingerprint density at radius 3 is 2.77 bits per heavy atom. The summed E-state index contributed by atoms with van der Waals surface area (Å²) < 4.78 is 10.5. The molecule has 1 heterocycles. The number of methoxy groups -OCH3 is 1. The molecule has 0 radical (unpaired) electrons. The maximum absolute atomic E-state index is 12.2. The van der Waals surface area contributed by atoms with Crippen molar-refractivity contribution in [2.24, 2.45) is 0 Å². The lowest BCUT2D eigenvalue weighted by Gasteiger charge is -2.32. The number of carbonyl (C=O) groups excluding carboxylic acids is 2. The van der Waals surface area contributed by atoms with Gasteiger partial charge in [-0.3, -0.25) is 9.59 Å². The minimum atomic E-state index is -0.682. The highest BCUT2D eigenvalue weighted by Gasteiger charge is 2.30. The maximum Gasteiger partial charge on any atom is 0.252 e. The smallest absolute Gasteiger partial charge is 0.252 e. The predicted octanol–water partition coefficient (Wildman–Crippen LogP) is 1.66. The summed E-state index contributed by atoms with van der Waals surface area (Å²) in [5.74, 6) is 0.388. The van der Waals surface area contributed by atoms with E-state index < -0.39 is 6.10 Å². The van der Waals surface area contributed by atoms with Crippen molar-refractivity contribution in [3.8, 4) is 5.75 Å². The highest BCUT2D eigenvalue weighted by Crippen LogP contribution is 2.16. The van der Waals surface area contributed by atoms with Crippen LogP contribution in [0, 0.1) is 0 Å². The van der Waals surface area contributed by atoms with Crippen LogP contribution >= 0.6 is 0 Å². The third kappa shape index (κ3) is 4.21. The van der Waals surface area contributed by atoms with Crippen LogP contribution in [-0.4, -0.2) is 49.6 Å². The van der Waals surface area contributed by atoms with Gasteiger partial charge in [0.25, 0.3) is 5.91 Å². The number of nitrogens with one attached hydrogen (secondary N) is 1. The van der Waals surface area contributed by atoms with E-state index in [1.54, 1.807) is 36.3 Å². The first-order valence-electron chi connectivity index (χ1n) is 7.48. The number of ether oxygens (including phenoxy) is 2. The van der Waals surface area contributed by atoms with Crippen LogP contribution in [0.5, 0.6) is 5.75 Å². The van der Waals surface area contributed by atoms with Crippen molar-refractivity contribution in [2.75, 3.05) is 32.1 Å². The predicted molar refractivity (Wildman–Crippen MR) is 82.9 cm³/mol. The number of hydrogen-bond acceptors (Lipinski definition) is 4. The summed E-state index contributed by atoms with van der Waals surface area (Å²) in [7, 11) is 1.58. The lowest BCUT2D eigenvalue weighted by Crippen LogP contribution is -2.49. The van der Waals surface area contributed by atoms with Gasteiger partial charge in [-0.15, -0.1) is 0 Å². The van der Waals surface area contributed by atoms with E-state index in [0.29, 0.717) is 25.4 Å². The largest absolute Gasteiger partial charge is 0.497 e. The monoisotopic (exact) mass is 306 g/mol. The molecule has 0 aliphatic carbocycles. The van der Waals surface area contributed by atoms with Crippen LogP contribution in [0.15, 0.2) is 24.3 Å². The summed E-state index contributed by atoms with van der Waals surface area (Å²) in [6.45, 7) is 3.81. The van der Waals surface area contributed by atoms with Crippen molar-refractivity contribution >= 4 is 17.5 Å². The first kappa shape index (κ1) is 16.3. The van der Waals surface area contributed by atoms with Crippen LogP contribution in [0.3, 0.4) is 0 Å². The van der Waals surface area contributed by atoms with Crippen LogP contribution < -0.4 is 10.1 Å². The standard InChI is InChI=1S/C16H22N2O4/c1-3-8-18-9-10-22-14(16(18)20)11-15(19)17-12-4-6-13(21-2)7-5-12/h4-7,14H,3,8-11H2,1-2H3,(H,17,19)/t14-/m1/s1. The summed E-state index contributed by atoms with van der Waals surface area (Å²) >= 11 is 0. The van der Waals surface area contributed by atoms with E-state index in [-0.39, 0.29) is 18.2 Å². The Hall–Kier alpha value is -2.08. The first-order valence-corrected chi connectivity index (χ1v) is 7.48. The molecule has 0 unspecified atom stereocenters. The number of amides is 2. The number of benzene rings is 1. The molecule has 1 fully saturated rings. The van der Waals surface area contributed by atoms with Gasteiger partial charge < -0.3 is 19.7 Å². The first-order chi connectivity index (χ1) is 10.6. The van der Waals surface area contributed by atoms with Crippen molar-refractivity contribution in [3.05, 3.63) is 24.3 Å². The number of morpholine rings is 1. The highest BCUT2D eigenvalue weighted by atomic mass is 16.5. The number of rotatable bonds is 6. The molecule has 22 heavy (non-hydrogen) atoms. The van der Waals surface area contributed by atoms with Gasteiger partial charge in [0, 0.05) is 18.8 Å². The topological polar surface area (TPSA) is 67.9 Å². The van der Waals surface area contributed by atoms with Gasteiger partial charge in [0.2, 0.25) is 5.91 Å². The quantitative estimate of drug-likeness (QED) is 0.868. The third-order valence-electron chi connectivity index (χ3n) is 3.51. The van der Waals surface area contributed by atoms with Crippen molar-refractivity contribution in [1.82, 2.24) is 4.90 Å². The molecule has 1 atom stereocenters. The number of anilines is 1. The molecule has 2 rings (SSSR count). The van der Waals surface area contributed by atoms with Crippen LogP contribution in [0.4, 0.5) is 5.69 Å². The normalized spacial score (nSPS) is 18.2. The molecule has 0 aromatic heterocycles. The average molecular weight is 306 g/mol. The van der Waals surface area contributed by atoms with Gasteiger partial charge in [-0.1, -0.05) is 6.92 Å². The highest BCUT2D eigenvalue weighted by molar-refractivity contribution is 5.95. The molecule has 1 aliphatic heterocycles. The van der Waals surface area contributed by atoms with Gasteiger partial charge in [0.1, 0.15) is 11.9 Å². The summed E-state index contributed by atoms with van der Waals surface area (Å²) in [6.07, 6.45) is 0.250. The molecule has 1 saturated heterocycles. The molecule has 1 N–H and O–H groups in total. The molecule has 1 aliphatic rings. The molecule has 1 aromatic rings. The Morgan fingerprint density at radius 2 is 2.14 bits per heavy atom. The van der Waals surface area contributed by atoms with Crippen LogP contribution in [0.1, 0.15) is 19.8 Å². The number of carbonyl (C=O) groups is 2. The van der Waals surface area contributed by atoms with E-state index >= 15 is 0 Å². The SMILES string of the molecule is CCCN1CCO[C@H](CC(=O)Nc2ccc(OC)cc2)C1=O. The minimum Gasteiger partial charge on any atom is -0.497 e.